The highest BCUT2D eigenvalue weighted by Gasteiger charge is 2.15. The number of methoxy groups -OCH3 is 1. The summed E-state index contributed by atoms with van der Waals surface area (Å²) in [6.45, 7) is 1.99. The van der Waals surface area contributed by atoms with Crippen LogP contribution in [-0.4, -0.2) is 32.1 Å². The van der Waals surface area contributed by atoms with Gasteiger partial charge in [0.15, 0.2) is 0 Å². The van der Waals surface area contributed by atoms with Crippen molar-refractivity contribution >= 4 is 34.2 Å². The standard InChI is InChI=1S/C15H21BrN2O2.ClH/c1-20-14-4-2-11(10-13(14)16)3-5-15(19)18-12-6-8-17-9-7-12;/h2,4,10,12,17H,3,5-9H2,1H3,(H,18,19);1H. The number of aryl methyl sites for hydroxylation is 1. The highest BCUT2D eigenvalue weighted by molar-refractivity contribution is 9.10. The SMILES string of the molecule is COc1ccc(CCC(=O)NC2CCNCC2)cc1Br.Cl. The zero-order chi connectivity index (χ0) is 14.4. The van der Waals surface area contributed by atoms with Crippen molar-refractivity contribution in [3.05, 3.63) is 28.2 Å². The first-order valence-corrected chi connectivity index (χ1v) is 7.81. The van der Waals surface area contributed by atoms with E-state index in [-0.39, 0.29) is 18.3 Å². The second-order valence-corrected chi connectivity index (χ2v) is 5.92. The topological polar surface area (TPSA) is 50.4 Å². The maximum absolute atomic E-state index is 11.9. The van der Waals surface area contributed by atoms with Gasteiger partial charge in [-0.1, -0.05) is 6.07 Å². The van der Waals surface area contributed by atoms with Crippen molar-refractivity contribution in [2.75, 3.05) is 20.2 Å². The molecule has 1 fully saturated rings. The number of ether oxygens (including phenoxy) is 1. The average molecular weight is 378 g/mol. The number of carbonyl (C=O) groups is 1. The van der Waals surface area contributed by atoms with Crippen molar-refractivity contribution in [2.24, 2.45) is 0 Å². The fourth-order valence-corrected chi connectivity index (χ4v) is 2.98. The van der Waals surface area contributed by atoms with E-state index in [1.807, 2.05) is 18.2 Å². The van der Waals surface area contributed by atoms with Crippen LogP contribution in [0.3, 0.4) is 0 Å². The third-order valence-electron chi connectivity index (χ3n) is 3.56. The highest BCUT2D eigenvalue weighted by Crippen LogP contribution is 2.25. The van der Waals surface area contributed by atoms with E-state index in [0.29, 0.717) is 12.5 Å². The quantitative estimate of drug-likeness (QED) is 0.829. The Kier molecular flexibility index (Phi) is 8.07. The molecule has 0 atom stereocenters. The summed E-state index contributed by atoms with van der Waals surface area (Å²) >= 11 is 3.46. The molecule has 1 amide bonds. The Hall–Kier alpha value is -0.780. The van der Waals surface area contributed by atoms with E-state index in [2.05, 4.69) is 26.6 Å². The molecule has 0 aromatic heterocycles. The Morgan fingerprint density at radius 2 is 2.14 bits per heavy atom. The van der Waals surface area contributed by atoms with Crippen molar-refractivity contribution in [3.63, 3.8) is 0 Å². The van der Waals surface area contributed by atoms with Crippen LogP contribution < -0.4 is 15.4 Å². The van der Waals surface area contributed by atoms with Crippen LogP contribution in [0.2, 0.25) is 0 Å². The van der Waals surface area contributed by atoms with E-state index in [4.69, 9.17) is 4.74 Å². The number of piperidine rings is 1. The minimum atomic E-state index is 0. The lowest BCUT2D eigenvalue weighted by atomic mass is 10.1. The maximum atomic E-state index is 11.9. The summed E-state index contributed by atoms with van der Waals surface area (Å²) in [6, 6.07) is 6.27. The van der Waals surface area contributed by atoms with Crippen LogP contribution in [0.25, 0.3) is 0 Å². The smallest absolute Gasteiger partial charge is 0.220 e. The molecule has 1 aromatic carbocycles. The molecule has 1 saturated heterocycles. The largest absolute Gasteiger partial charge is 0.496 e. The first-order valence-electron chi connectivity index (χ1n) is 7.01. The predicted octanol–water partition coefficient (Wildman–Crippen LogP) is 2.68. The normalized spacial score (nSPS) is 15.1. The molecule has 0 aliphatic carbocycles. The molecular weight excluding hydrogens is 356 g/mol. The molecule has 1 heterocycles. The zero-order valence-electron chi connectivity index (χ0n) is 12.2. The lowest BCUT2D eigenvalue weighted by Crippen LogP contribution is -2.42. The van der Waals surface area contributed by atoms with Crippen LogP contribution in [-0.2, 0) is 11.2 Å². The van der Waals surface area contributed by atoms with Crippen LogP contribution in [0.1, 0.15) is 24.8 Å². The van der Waals surface area contributed by atoms with Crippen molar-refractivity contribution < 1.29 is 9.53 Å². The third-order valence-corrected chi connectivity index (χ3v) is 4.18. The fourth-order valence-electron chi connectivity index (χ4n) is 2.39. The average Bonchev–Trinajstić information content (AvgIpc) is 2.46. The molecular formula is C15H22BrClN2O2. The van der Waals surface area contributed by atoms with Crippen LogP contribution in [0.15, 0.2) is 22.7 Å². The number of nitrogens with one attached hydrogen (secondary N) is 2. The minimum Gasteiger partial charge on any atom is -0.496 e. The summed E-state index contributed by atoms with van der Waals surface area (Å²) in [6.07, 6.45) is 3.34. The molecule has 1 aliphatic heterocycles. The van der Waals surface area contributed by atoms with Gasteiger partial charge >= 0.3 is 0 Å². The van der Waals surface area contributed by atoms with Crippen molar-refractivity contribution in [3.8, 4) is 5.75 Å². The van der Waals surface area contributed by atoms with E-state index in [0.717, 1.165) is 48.1 Å². The number of rotatable bonds is 5. The van der Waals surface area contributed by atoms with E-state index in [9.17, 15) is 4.79 Å². The van der Waals surface area contributed by atoms with Gasteiger partial charge in [-0.3, -0.25) is 4.79 Å². The minimum absolute atomic E-state index is 0. The molecule has 1 aliphatic rings. The van der Waals surface area contributed by atoms with E-state index >= 15 is 0 Å². The molecule has 0 spiro atoms. The van der Waals surface area contributed by atoms with E-state index in [1.54, 1.807) is 7.11 Å². The monoisotopic (exact) mass is 376 g/mol. The lowest BCUT2D eigenvalue weighted by molar-refractivity contribution is -0.121. The Labute approximate surface area is 140 Å². The Balaban J connectivity index is 0.00000220. The molecule has 118 valence electrons. The Morgan fingerprint density at radius 3 is 2.76 bits per heavy atom. The number of carbonyl (C=O) groups excluding carboxylic acids is 1. The van der Waals surface area contributed by atoms with Gasteiger partial charge in [0.1, 0.15) is 5.75 Å². The van der Waals surface area contributed by atoms with Gasteiger partial charge < -0.3 is 15.4 Å². The van der Waals surface area contributed by atoms with Gasteiger partial charge in [0.05, 0.1) is 11.6 Å². The summed E-state index contributed by atoms with van der Waals surface area (Å²) in [5.74, 6) is 0.955. The van der Waals surface area contributed by atoms with Gasteiger partial charge in [-0.05, 0) is 66.0 Å². The highest BCUT2D eigenvalue weighted by atomic mass is 79.9. The molecule has 0 bridgehead atoms. The second kappa shape index (κ2) is 9.28. The van der Waals surface area contributed by atoms with Crippen molar-refractivity contribution in [2.45, 2.75) is 31.7 Å². The van der Waals surface area contributed by atoms with Gasteiger partial charge in [0.25, 0.3) is 0 Å². The second-order valence-electron chi connectivity index (χ2n) is 5.06. The first-order chi connectivity index (χ1) is 9.69. The van der Waals surface area contributed by atoms with E-state index < -0.39 is 0 Å². The Bertz CT molecular complexity index is 465. The molecule has 1 aromatic rings. The van der Waals surface area contributed by atoms with Gasteiger partial charge in [0.2, 0.25) is 5.91 Å². The summed E-state index contributed by atoms with van der Waals surface area (Å²) in [7, 11) is 1.65. The van der Waals surface area contributed by atoms with Gasteiger partial charge in [-0.15, -0.1) is 12.4 Å². The van der Waals surface area contributed by atoms with Crippen LogP contribution in [0.5, 0.6) is 5.75 Å². The predicted molar refractivity (Wildman–Crippen MR) is 90.3 cm³/mol. The summed E-state index contributed by atoms with van der Waals surface area (Å²) < 4.78 is 6.12. The van der Waals surface area contributed by atoms with Crippen LogP contribution in [0.4, 0.5) is 0 Å². The van der Waals surface area contributed by atoms with Crippen LogP contribution >= 0.6 is 28.3 Å². The number of hydrogen-bond acceptors (Lipinski definition) is 3. The molecule has 0 radical (unpaired) electrons. The zero-order valence-corrected chi connectivity index (χ0v) is 14.6. The molecule has 6 heteroatoms. The molecule has 2 N–H and O–H groups in total. The first kappa shape index (κ1) is 18.3. The van der Waals surface area contributed by atoms with Gasteiger partial charge in [0, 0.05) is 12.5 Å². The fraction of sp³-hybridized carbons (Fsp3) is 0.533. The molecule has 2 rings (SSSR count). The molecule has 0 unspecified atom stereocenters. The molecule has 0 saturated carbocycles. The van der Waals surface area contributed by atoms with Gasteiger partial charge in [-0.2, -0.15) is 0 Å². The summed E-state index contributed by atoms with van der Waals surface area (Å²) in [4.78, 5) is 11.9. The molecule has 4 nitrogen and oxygen atoms in total. The van der Waals surface area contributed by atoms with Crippen molar-refractivity contribution in [1.29, 1.82) is 0 Å². The van der Waals surface area contributed by atoms with Gasteiger partial charge in [-0.25, -0.2) is 0 Å². The number of halogens is 2. The number of hydrogen-bond donors (Lipinski definition) is 2. The van der Waals surface area contributed by atoms with Crippen molar-refractivity contribution in [1.82, 2.24) is 10.6 Å². The number of amides is 1. The molecule has 21 heavy (non-hydrogen) atoms. The maximum Gasteiger partial charge on any atom is 0.220 e. The Morgan fingerprint density at radius 1 is 1.43 bits per heavy atom. The van der Waals surface area contributed by atoms with E-state index in [1.165, 1.54) is 0 Å². The van der Waals surface area contributed by atoms with Crippen LogP contribution in [0, 0.1) is 0 Å². The number of benzene rings is 1. The summed E-state index contributed by atoms with van der Waals surface area (Å²) in [5.41, 5.74) is 1.14. The summed E-state index contributed by atoms with van der Waals surface area (Å²) in [5, 5.41) is 6.41. The lowest BCUT2D eigenvalue weighted by Gasteiger charge is -2.23. The third kappa shape index (κ3) is 5.85.